The molecule has 0 aromatic heterocycles. The Morgan fingerprint density at radius 2 is 1.72 bits per heavy atom. The summed E-state index contributed by atoms with van der Waals surface area (Å²) in [5.74, 6) is 0. The van der Waals surface area contributed by atoms with Crippen molar-refractivity contribution in [2.24, 2.45) is 0 Å². The minimum atomic E-state index is -0.498. The van der Waals surface area contributed by atoms with Gasteiger partial charge in [-0.2, -0.15) is 0 Å². The highest BCUT2D eigenvalue weighted by Gasteiger charge is 2.12. The van der Waals surface area contributed by atoms with Gasteiger partial charge in [0.25, 0.3) is 5.69 Å². The molecule has 0 aliphatic heterocycles. The Balaban J connectivity index is 0.000000612. The normalized spacial score (nSPS) is 10.2. The molecule has 0 radical (unpaired) electrons. The fourth-order valence-corrected chi connectivity index (χ4v) is 1.38. The van der Waals surface area contributed by atoms with Crippen molar-refractivity contribution in [3.05, 3.63) is 64.7 Å². The maximum absolute atomic E-state index is 10.9. The summed E-state index contributed by atoms with van der Waals surface area (Å²) < 4.78 is 14.8. The van der Waals surface area contributed by atoms with Crippen LogP contribution in [-0.4, -0.2) is 11.0 Å². The monoisotopic (exact) mass is 244 g/mol. The molecule has 0 saturated carbocycles. The van der Waals surface area contributed by atoms with Gasteiger partial charge < -0.3 is 0 Å². The van der Waals surface area contributed by atoms with Crippen molar-refractivity contribution in [2.45, 2.75) is 0 Å². The molecule has 90 valence electrons. The minimum absolute atomic E-state index is 0.0877. The van der Waals surface area contributed by atoms with Crippen molar-refractivity contribution in [3.63, 3.8) is 0 Å². The number of carbonyl (C=O) groups excluding carboxylic acids is 1. The zero-order valence-corrected chi connectivity index (χ0v) is 9.21. The van der Waals surface area contributed by atoms with Gasteiger partial charge in [-0.15, -0.1) is 0 Å². The Kier molecular flexibility index (Phi) is 3.88. The van der Waals surface area contributed by atoms with Crippen LogP contribution in [0.5, 0.6) is 0 Å². The van der Waals surface area contributed by atoms with E-state index in [-0.39, 0.29) is 11.7 Å². The van der Waals surface area contributed by atoms with Gasteiger partial charge in [-0.05, 0) is 11.6 Å². The van der Waals surface area contributed by atoms with E-state index >= 15 is 0 Å². The lowest BCUT2D eigenvalue weighted by molar-refractivity contribution is -0.384. The summed E-state index contributed by atoms with van der Waals surface area (Å²) in [6.45, 7) is 0. The molecule has 5 heteroatoms. The molecule has 2 rings (SSSR count). The van der Waals surface area contributed by atoms with Crippen LogP contribution in [0.4, 0.5) is 5.69 Å². The molecule has 0 unspecified atom stereocenters. The molecule has 0 fully saturated rings. The van der Waals surface area contributed by atoms with Gasteiger partial charge in [-0.3, -0.25) is 10.1 Å². The number of benzene rings is 2. The third kappa shape index (κ3) is 3.37. The zero-order chi connectivity index (χ0) is 15.1. The molecule has 0 heterocycles. The molecule has 1 N–H and O–H groups in total. The Morgan fingerprint density at radius 1 is 1.17 bits per heavy atom. The highest BCUT2D eigenvalue weighted by molar-refractivity contribution is 5.73. The van der Waals surface area contributed by atoms with E-state index in [1.807, 2.05) is 0 Å². The van der Waals surface area contributed by atoms with E-state index in [9.17, 15) is 10.1 Å². The summed E-state index contributed by atoms with van der Waals surface area (Å²) in [6.07, 6.45) is 0.750. The van der Waals surface area contributed by atoms with Gasteiger partial charge in [0.2, 0.25) is 6.08 Å². The second-order valence-electron chi connectivity index (χ2n) is 3.09. The van der Waals surface area contributed by atoms with E-state index < -0.39 is 4.92 Å². The van der Waals surface area contributed by atoms with Crippen molar-refractivity contribution < 1.29 is 12.5 Å². The first-order valence-electron chi connectivity index (χ1n) is 5.85. The van der Waals surface area contributed by atoms with Crippen molar-refractivity contribution in [3.8, 4) is 11.1 Å². The number of nitro groups is 1. The second kappa shape index (κ2) is 6.73. The van der Waals surface area contributed by atoms with Gasteiger partial charge in [0, 0.05) is 6.07 Å². The average Bonchev–Trinajstić information content (AvgIpc) is 2.40. The number of isocyanates is 1. The SMILES string of the molecule is N=C=O.[2H]c1ccc(-c2ccc([2H])cc2[N+](=O)[O-])cc1. The number of hydrogen-bond donors (Lipinski definition) is 1. The Morgan fingerprint density at radius 3 is 2.28 bits per heavy atom. The van der Waals surface area contributed by atoms with Crippen LogP contribution >= 0.6 is 0 Å². The molecule has 18 heavy (non-hydrogen) atoms. The summed E-state index contributed by atoms with van der Waals surface area (Å²) in [4.78, 5) is 18.7. The van der Waals surface area contributed by atoms with Crippen LogP contribution in [0, 0.1) is 15.5 Å². The van der Waals surface area contributed by atoms with E-state index in [1.54, 1.807) is 30.3 Å². The molecule has 2 aromatic carbocycles. The lowest BCUT2D eigenvalue weighted by atomic mass is 10.0. The fraction of sp³-hybridized carbons (Fsp3) is 0. The topological polar surface area (TPSA) is 84.1 Å². The maximum atomic E-state index is 10.9. The number of nitrogens with zero attached hydrogens (tertiary/aromatic N) is 1. The lowest BCUT2D eigenvalue weighted by Gasteiger charge is -2.01. The molecule has 0 spiro atoms. The van der Waals surface area contributed by atoms with E-state index in [4.69, 9.17) is 12.9 Å². The first kappa shape index (κ1) is 10.4. The Bertz CT molecular complexity index is 651. The van der Waals surface area contributed by atoms with Crippen molar-refractivity contribution in [2.75, 3.05) is 0 Å². The number of para-hydroxylation sites is 1. The van der Waals surface area contributed by atoms with E-state index in [2.05, 4.69) is 0 Å². The largest absolute Gasteiger partial charge is 0.277 e. The Hall–Kier alpha value is -2.78. The van der Waals surface area contributed by atoms with Crippen LogP contribution in [0.1, 0.15) is 2.74 Å². The van der Waals surface area contributed by atoms with Crippen LogP contribution in [-0.2, 0) is 4.79 Å². The van der Waals surface area contributed by atoms with Crippen LogP contribution in [0.3, 0.4) is 0 Å². The molecule has 0 amide bonds. The zero-order valence-electron chi connectivity index (χ0n) is 11.2. The highest BCUT2D eigenvalue weighted by atomic mass is 16.6. The number of nitro benzene ring substituents is 1. The molecule has 0 atom stereocenters. The van der Waals surface area contributed by atoms with Gasteiger partial charge in [-0.1, -0.05) is 42.4 Å². The van der Waals surface area contributed by atoms with E-state index in [0.29, 0.717) is 17.2 Å². The van der Waals surface area contributed by atoms with Gasteiger partial charge in [0.1, 0.15) is 0 Å². The summed E-state index contributed by atoms with van der Waals surface area (Å²) in [7, 11) is 0. The van der Waals surface area contributed by atoms with Crippen molar-refractivity contribution >= 4 is 11.8 Å². The first-order chi connectivity index (χ1) is 9.49. The highest BCUT2D eigenvalue weighted by Crippen LogP contribution is 2.28. The van der Waals surface area contributed by atoms with Crippen molar-refractivity contribution in [1.82, 2.24) is 0 Å². The number of nitrogens with one attached hydrogen (secondary N) is 1. The predicted molar refractivity (Wildman–Crippen MR) is 66.9 cm³/mol. The fourth-order valence-electron chi connectivity index (χ4n) is 1.38. The van der Waals surface area contributed by atoms with Gasteiger partial charge in [0.15, 0.2) is 0 Å². The van der Waals surface area contributed by atoms with Crippen LogP contribution < -0.4 is 0 Å². The third-order valence-electron chi connectivity index (χ3n) is 2.07. The molecule has 2 aromatic rings. The summed E-state index contributed by atoms with van der Waals surface area (Å²) >= 11 is 0. The Labute approximate surface area is 106 Å². The molecule has 0 saturated heterocycles. The second-order valence-corrected chi connectivity index (χ2v) is 3.09. The van der Waals surface area contributed by atoms with Gasteiger partial charge in [0.05, 0.1) is 13.2 Å². The van der Waals surface area contributed by atoms with Crippen LogP contribution in [0.25, 0.3) is 11.1 Å². The third-order valence-corrected chi connectivity index (χ3v) is 2.07. The molecular formula is C13H10N2O3. The predicted octanol–water partition coefficient (Wildman–Crippen LogP) is 3.16. The molecule has 0 bridgehead atoms. The number of hydrogen-bond acceptors (Lipinski definition) is 4. The van der Waals surface area contributed by atoms with Gasteiger partial charge in [-0.25, -0.2) is 10.2 Å². The smallest absolute Gasteiger partial charge is 0.258 e. The van der Waals surface area contributed by atoms with E-state index in [1.165, 1.54) is 12.1 Å². The maximum Gasteiger partial charge on any atom is 0.277 e. The van der Waals surface area contributed by atoms with E-state index in [0.717, 1.165) is 6.08 Å². The molecular weight excluding hydrogens is 232 g/mol. The quantitative estimate of drug-likeness (QED) is 0.381. The van der Waals surface area contributed by atoms with Crippen LogP contribution in [0.15, 0.2) is 54.5 Å². The summed E-state index contributed by atoms with van der Waals surface area (Å²) in [5.41, 5.74) is 1.05. The number of rotatable bonds is 2. The molecule has 0 aliphatic rings. The molecule has 5 nitrogen and oxygen atoms in total. The lowest BCUT2D eigenvalue weighted by Crippen LogP contribution is -1.90. The van der Waals surface area contributed by atoms with Gasteiger partial charge >= 0.3 is 0 Å². The first-order valence-corrected chi connectivity index (χ1v) is 4.85. The average molecular weight is 244 g/mol. The minimum Gasteiger partial charge on any atom is -0.258 e. The summed E-state index contributed by atoms with van der Waals surface area (Å²) in [5, 5.41) is 16.3. The standard InChI is InChI=1S/C12H9NO2.CHNO/c14-13(15)12-9-5-4-8-11(12)10-6-2-1-3-7-10;2-1-3/h1-9H;2H/i1D,5D;. The summed E-state index contributed by atoms with van der Waals surface area (Å²) in [6, 6.07) is 11.2. The van der Waals surface area contributed by atoms with Crippen LogP contribution in [0.2, 0.25) is 0 Å². The molecule has 0 aliphatic carbocycles. The van der Waals surface area contributed by atoms with Crippen molar-refractivity contribution in [1.29, 1.82) is 5.41 Å².